The van der Waals surface area contributed by atoms with Crippen LogP contribution in [0.15, 0.2) is 0 Å². The van der Waals surface area contributed by atoms with E-state index < -0.39 is 11.0 Å². The van der Waals surface area contributed by atoms with Gasteiger partial charge < -0.3 is 15.4 Å². The van der Waals surface area contributed by atoms with Gasteiger partial charge in [-0.25, -0.2) is 4.68 Å². The SMILES string of the molecule is CCc1nn(C)c(NC(C)C(=O)NCCOC)c1[N+](=O)[O-]. The van der Waals surface area contributed by atoms with Gasteiger partial charge in [0.2, 0.25) is 11.7 Å². The molecule has 0 bridgehead atoms. The number of hydrogen-bond acceptors (Lipinski definition) is 6. The number of carbonyl (C=O) groups is 1. The Kier molecular flexibility index (Phi) is 6.10. The number of rotatable bonds is 8. The Bertz CT molecular complexity index is 514. The maximum atomic E-state index is 11.9. The molecule has 9 heteroatoms. The van der Waals surface area contributed by atoms with Gasteiger partial charge in [0.05, 0.1) is 11.5 Å². The van der Waals surface area contributed by atoms with Crippen molar-refractivity contribution in [2.24, 2.45) is 7.05 Å². The van der Waals surface area contributed by atoms with Crippen molar-refractivity contribution in [2.75, 3.05) is 25.6 Å². The van der Waals surface area contributed by atoms with Gasteiger partial charge >= 0.3 is 5.69 Å². The summed E-state index contributed by atoms with van der Waals surface area (Å²) in [6, 6.07) is -0.624. The number of methoxy groups -OCH3 is 1. The van der Waals surface area contributed by atoms with Crippen LogP contribution >= 0.6 is 0 Å². The van der Waals surface area contributed by atoms with Crippen molar-refractivity contribution in [3.05, 3.63) is 15.8 Å². The first-order valence-electron chi connectivity index (χ1n) is 6.65. The van der Waals surface area contributed by atoms with Crippen molar-refractivity contribution in [3.63, 3.8) is 0 Å². The second-order valence-electron chi connectivity index (χ2n) is 4.53. The van der Waals surface area contributed by atoms with E-state index in [1.54, 1.807) is 28.0 Å². The summed E-state index contributed by atoms with van der Waals surface area (Å²) in [5.74, 6) is -0.0353. The Hall–Kier alpha value is -2.16. The molecule has 0 radical (unpaired) electrons. The van der Waals surface area contributed by atoms with Gasteiger partial charge in [-0.3, -0.25) is 14.9 Å². The summed E-state index contributed by atoms with van der Waals surface area (Å²) in [7, 11) is 3.14. The number of nitrogens with one attached hydrogen (secondary N) is 2. The second kappa shape index (κ2) is 7.58. The molecule has 2 N–H and O–H groups in total. The molecule has 0 fully saturated rings. The molecule has 1 aromatic heterocycles. The molecule has 1 heterocycles. The Morgan fingerprint density at radius 2 is 2.24 bits per heavy atom. The van der Waals surface area contributed by atoms with Crippen LogP contribution in [0.4, 0.5) is 11.5 Å². The van der Waals surface area contributed by atoms with E-state index >= 15 is 0 Å². The molecule has 0 spiro atoms. The molecule has 21 heavy (non-hydrogen) atoms. The fourth-order valence-corrected chi connectivity index (χ4v) is 1.86. The van der Waals surface area contributed by atoms with Gasteiger partial charge in [-0.15, -0.1) is 0 Å². The summed E-state index contributed by atoms with van der Waals surface area (Å²) in [6.07, 6.45) is 0.445. The standard InChI is InChI=1S/C12H21N5O4/c1-5-9-10(17(19)20)11(16(3)15-9)14-8(2)12(18)13-6-7-21-4/h8,14H,5-7H2,1-4H3,(H,13,18). The smallest absolute Gasteiger partial charge is 0.334 e. The van der Waals surface area contributed by atoms with Crippen LogP contribution in [-0.2, 0) is 23.0 Å². The molecule has 0 aromatic carbocycles. The van der Waals surface area contributed by atoms with E-state index in [1.807, 2.05) is 0 Å². The zero-order chi connectivity index (χ0) is 16.0. The number of hydrogen-bond donors (Lipinski definition) is 2. The predicted octanol–water partition coefficient (Wildman–Crippen LogP) is 0.454. The second-order valence-corrected chi connectivity index (χ2v) is 4.53. The third-order valence-corrected chi connectivity index (χ3v) is 2.96. The topological polar surface area (TPSA) is 111 Å². The van der Waals surface area contributed by atoms with Crippen molar-refractivity contribution in [3.8, 4) is 0 Å². The molecule has 0 saturated heterocycles. The normalized spacial score (nSPS) is 12.0. The minimum atomic E-state index is -0.624. The van der Waals surface area contributed by atoms with E-state index in [-0.39, 0.29) is 17.4 Å². The fraction of sp³-hybridized carbons (Fsp3) is 0.667. The van der Waals surface area contributed by atoms with Crippen molar-refractivity contribution >= 4 is 17.4 Å². The Morgan fingerprint density at radius 3 is 2.76 bits per heavy atom. The molecule has 1 aromatic rings. The van der Waals surface area contributed by atoms with Crippen LogP contribution in [0.5, 0.6) is 0 Å². The van der Waals surface area contributed by atoms with E-state index in [4.69, 9.17) is 4.74 Å². The number of nitrogens with zero attached hydrogens (tertiary/aromatic N) is 3. The van der Waals surface area contributed by atoms with E-state index in [1.165, 1.54) is 4.68 Å². The number of amides is 1. The number of aryl methyl sites for hydroxylation is 2. The third kappa shape index (κ3) is 4.15. The quantitative estimate of drug-likeness (QED) is 0.409. The number of anilines is 1. The molecule has 0 saturated carbocycles. The van der Waals surface area contributed by atoms with Crippen LogP contribution in [0.2, 0.25) is 0 Å². The molecular formula is C12H21N5O4. The average Bonchev–Trinajstić information content (AvgIpc) is 2.75. The first-order valence-corrected chi connectivity index (χ1v) is 6.65. The van der Waals surface area contributed by atoms with Crippen LogP contribution in [0.1, 0.15) is 19.5 Å². The molecule has 1 unspecified atom stereocenters. The van der Waals surface area contributed by atoms with Gasteiger partial charge in [0.1, 0.15) is 11.7 Å². The Balaban J connectivity index is 2.84. The Labute approximate surface area is 122 Å². The van der Waals surface area contributed by atoms with Crippen molar-refractivity contribution in [2.45, 2.75) is 26.3 Å². The van der Waals surface area contributed by atoms with Crippen LogP contribution < -0.4 is 10.6 Å². The highest BCUT2D eigenvalue weighted by atomic mass is 16.6. The average molecular weight is 299 g/mol. The van der Waals surface area contributed by atoms with Gasteiger partial charge in [0.25, 0.3) is 0 Å². The van der Waals surface area contributed by atoms with Gasteiger partial charge in [-0.05, 0) is 13.3 Å². The highest BCUT2D eigenvalue weighted by molar-refractivity contribution is 5.84. The van der Waals surface area contributed by atoms with Crippen LogP contribution in [0, 0.1) is 10.1 Å². The largest absolute Gasteiger partial charge is 0.383 e. The monoisotopic (exact) mass is 299 g/mol. The molecule has 0 aliphatic carbocycles. The summed E-state index contributed by atoms with van der Waals surface area (Å²) in [4.78, 5) is 22.6. The van der Waals surface area contributed by atoms with Crippen molar-refractivity contribution < 1.29 is 14.5 Å². The minimum Gasteiger partial charge on any atom is -0.383 e. The van der Waals surface area contributed by atoms with Gasteiger partial charge in [-0.2, -0.15) is 5.10 Å². The Morgan fingerprint density at radius 1 is 1.57 bits per heavy atom. The summed E-state index contributed by atoms with van der Waals surface area (Å²) < 4.78 is 6.22. The highest BCUT2D eigenvalue weighted by Crippen LogP contribution is 2.28. The number of aromatic nitrogens is 2. The number of nitro groups is 1. The lowest BCUT2D eigenvalue weighted by atomic mass is 10.2. The maximum Gasteiger partial charge on any atom is 0.334 e. The molecule has 1 amide bonds. The van der Waals surface area contributed by atoms with Crippen molar-refractivity contribution in [1.82, 2.24) is 15.1 Å². The van der Waals surface area contributed by atoms with Crippen LogP contribution in [0.25, 0.3) is 0 Å². The predicted molar refractivity (Wildman–Crippen MR) is 77.2 cm³/mol. The van der Waals surface area contributed by atoms with Gasteiger partial charge in [0.15, 0.2) is 0 Å². The van der Waals surface area contributed by atoms with E-state index in [0.29, 0.717) is 25.3 Å². The lowest BCUT2D eigenvalue weighted by molar-refractivity contribution is -0.384. The number of carbonyl (C=O) groups excluding carboxylic acids is 1. The van der Waals surface area contributed by atoms with Gasteiger partial charge in [0, 0.05) is 20.7 Å². The van der Waals surface area contributed by atoms with Crippen LogP contribution in [0.3, 0.4) is 0 Å². The van der Waals surface area contributed by atoms with E-state index in [2.05, 4.69) is 15.7 Å². The zero-order valence-corrected chi connectivity index (χ0v) is 12.7. The van der Waals surface area contributed by atoms with E-state index in [9.17, 15) is 14.9 Å². The molecule has 1 atom stereocenters. The summed E-state index contributed by atoms with van der Waals surface area (Å²) in [6.45, 7) is 4.21. The first-order chi connectivity index (χ1) is 9.92. The summed E-state index contributed by atoms with van der Waals surface area (Å²) in [5.41, 5.74) is 0.300. The molecule has 1 rings (SSSR count). The highest BCUT2D eigenvalue weighted by Gasteiger charge is 2.27. The molecule has 9 nitrogen and oxygen atoms in total. The number of ether oxygens (including phenoxy) is 1. The minimum absolute atomic E-state index is 0.0865. The third-order valence-electron chi connectivity index (χ3n) is 2.96. The molecular weight excluding hydrogens is 278 g/mol. The fourth-order valence-electron chi connectivity index (χ4n) is 1.86. The van der Waals surface area contributed by atoms with E-state index in [0.717, 1.165) is 0 Å². The van der Waals surface area contributed by atoms with Crippen molar-refractivity contribution in [1.29, 1.82) is 0 Å². The molecule has 0 aliphatic rings. The van der Waals surface area contributed by atoms with Gasteiger partial charge in [-0.1, -0.05) is 6.92 Å². The first kappa shape index (κ1) is 16.9. The lowest BCUT2D eigenvalue weighted by Gasteiger charge is -2.14. The zero-order valence-electron chi connectivity index (χ0n) is 12.7. The summed E-state index contributed by atoms with van der Waals surface area (Å²) in [5, 5.41) is 20.8. The molecule has 0 aliphatic heterocycles. The molecule has 118 valence electrons. The lowest BCUT2D eigenvalue weighted by Crippen LogP contribution is -2.39. The summed E-state index contributed by atoms with van der Waals surface area (Å²) >= 11 is 0. The van der Waals surface area contributed by atoms with Crippen LogP contribution in [-0.4, -0.2) is 46.9 Å². The maximum absolute atomic E-state index is 11.9.